The highest BCUT2D eigenvalue weighted by Crippen LogP contribution is 2.28. The number of aryl methyl sites for hydroxylation is 1. The van der Waals surface area contributed by atoms with Crippen molar-refractivity contribution in [2.24, 2.45) is 0 Å². The first-order valence-corrected chi connectivity index (χ1v) is 6.17. The maximum absolute atomic E-state index is 13.3. The minimum atomic E-state index is -0.784. The molecule has 3 heteroatoms. The van der Waals surface area contributed by atoms with Crippen LogP contribution in [0.25, 0.3) is 0 Å². The molecule has 2 aromatic carbocycles. The number of halogens is 1. The highest BCUT2D eigenvalue weighted by atomic mass is 19.1. The lowest BCUT2D eigenvalue weighted by Crippen LogP contribution is -2.04. The fraction of sp³-hybridized carbons (Fsp3) is 0.250. The molecular formula is C16H17FO2. The van der Waals surface area contributed by atoms with Crippen LogP contribution in [0.2, 0.25) is 0 Å². The van der Waals surface area contributed by atoms with Gasteiger partial charge in [0.25, 0.3) is 0 Å². The van der Waals surface area contributed by atoms with Crippen LogP contribution in [0, 0.1) is 12.7 Å². The van der Waals surface area contributed by atoms with E-state index in [9.17, 15) is 9.50 Å². The molecule has 1 atom stereocenters. The molecular weight excluding hydrogens is 243 g/mol. The van der Waals surface area contributed by atoms with Gasteiger partial charge in [0.2, 0.25) is 0 Å². The molecule has 0 radical (unpaired) electrons. The van der Waals surface area contributed by atoms with Gasteiger partial charge in [-0.15, -0.1) is 0 Å². The number of hydrogen-bond donors (Lipinski definition) is 1. The summed E-state index contributed by atoms with van der Waals surface area (Å²) >= 11 is 0. The molecule has 19 heavy (non-hydrogen) atoms. The number of ether oxygens (including phenoxy) is 1. The topological polar surface area (TPSA) is 29.5 Å². The van der Waals surface area contributed by atoms with Gasteiger partial charge in [0.15, 0.2) is 0 Å². The van der Waals surface area contributed by atoms with Crippen LogP contribution in [0.4, 0.5) is 4.39 Å². The van der Waals surface area contributed by atoms with Crippen LogP contribution < -0.4 is 4.74 Å². The van der Waals surface area contributed by atoms with Gasteiger partial charge in [-0.25, -0.2) is 4.39 Å². The van der Waals surface area contributed by atoms with Crippen molar-refractivity contribution in [3.05, 3.63) is 65.0 Å². The molecule has 0 heterocycles. The van der Waals surface area contributed by atoms with Crippen molar-refractivity contribution in [2.75, 3.05) is 7.11 Å². The second-order valence-electron chi connectivity index (χ2n) is 4.59. The molecule has 1 N–H and O–H groups in total. The minimum absolute atomic E-state index is 0.376. The smallest absolute Gasteiger partial charge is 0.124 e. The number of benzene rings is 2. The van der Waals surface area contributed by atoms with Gasteiger partial charge in [-0.1, -0.05) is 29.8 Å². The van der Waals surface area contributed by atoms with E-state index < -0.39 is 6.10 Å². The average molecular weight is 260 g/mol. The van der Waals surface area contributed by atoms with E-state index >= 15 is 0 Å². The molecule has 0 fully saturated rings. The molecule has 1 unspecified atom stereocenters. The standard InChI is InChI=1S/C16H17FO2/c1-11-3-5-12(6-4-11)9-15(18)14-10-13(17)7-8-16(14)19-2/h3-8,10,15,18H,9H2,1-2H3. The molecule has 0 aromatic heterocycles. The van der Waals surface area contributed by atoms with E-state index in [0.717, 1.165) is 5.56 Å². The predicted octanol–water partition coefficient (Wildman–Crippen LogP) is 3.42. The molecule has 2 nitrogen and oxygen atoms in total. The summed E-state index contributed by atoms with van der Waals surface area (Å²) < 4.78 is 18.4. The van der Waals surface area contributed by atoms with Crippen LogP contribution in [-0.2, 0) is 6.42 Å². The summed E-state index contributed by atoms with van der Waals surface area (Å²) in [7, 11) is 1.51. The second kappa shape index (κ2) is 5.85. The Bertz CT molecular complexity index is 549. The highest BCUT2D eigenvalue weighted by molar-refractivity contribution is 5.36. The Morgan fingerprint density at radius 1 is 1.16 bits per heavy atom. The van der Waals surface area contributed by atoms with E-state index in [1.54, 1.807) is 0 Å². The van der Waals surface area contributed by atoms with E-state index in [1.807, 2.05) is 31.2 Å². The Balaban J connectivity index is 2.21. The van der Waals surface area contributed by atoms with Crippen molar-refractivity contribution in [2.45, 2.75) is 19.4 Å². The fourth-order valence-electron chi connectivity index (χ4n) is 2.02. The Morgan fingerprint density at radius 3 is 2.47 bits per heavy atom. The van der Waals surface area contributed by atoms with Gasteiger partial charge >= 0.3 is 0 Å². The first-order valence-electron chi connectivity index (χ1n) is 6.17. The zero-order valence-electron chi connectivity index (χ0n) is 11.1. The number of aliphatic hydroxyl groups excluding tert-OH is 1. The summed E-state index contributed by atoms with van der Waals surface area (Å²) in [6.45, 7) is 2.01. The number of methoxy groups -OCH3 is 1. The average Bonchev–Trinajstić information content (AvgIpc) is 2.41. The van der Waals surface area contributed by atoms with Gasteiger partial charge in [-0.05, 0) is 30.7 Å². The van der Waals surface area contributed by atoms with Crippen molar-refractivity contribution in [3.8, 4) is 5.75 Å². The molecule has 0 spiro atoms. The summed E-state index contributed by atoms with van der Waals surface area (Å²) in [6.07, 6.45) is -0.353. The molecule has 0 aliphatic heterocycles. The fourth-order valence-corrected chi connectivity index (χ4v) is 2.02. The minimum Gasteiger partial charge on any atom is -0.496 e. The zero-order chi connectivity index (χ0) is 13.8. The predicted molar refractivity (Wildman–Crippen MR) is 72.8 cm³/mol. The van der Waals surface area contributed by atoms with Gasteiger partial charge in [-0.3, -0.25) is 0 Å². The molecule has 0 saturated heterocycles. The highest BCUT2D eigenvalue weighted by Gasteiger charge is 2.14. The third-order valence-corrected chi connectivity index (χ3v) is 3.10. The van der Waals surface area contributed by atoms with E-state index in [4.69, 9.17) is 4.74 Å². The number of aliphatic hydroxyl groups is 1. The molecule has 0 saturated carbocycles. The lowest BCUT2D eigenvalue weighted by molar-refractivity contribution is 0.173. The van der Waals surface area contributed by atoms with Gasteiger partial charge < -0.3 is 9.84 Å². The third kappa shape index (κ3) is 3.32. The molecule has 2 aromatic rings. The number of hydrogen-bond acceptors (Lipinski definition) is 2. The zero-order valence-corrected chi connectivity index (χ0v) is 11.1. The van der Waals surface area contributed by atoms with Crippen LogP contribution in [0.5, 0.6) is 5.75 Å². The van der Waals surface area contributed by atoms with Crippen LogP contribution in [0.1, 0.15) is 22.8 Å². The van der Waals surface area contributed by atoms with Crippen molar-refractivity contribution in [1.29, 1.82) is 0 Å². The Morgan fingerprint density at radius 2 is 1.84 bits per heavy atom. The van der Waals surface area contributed by atoms with Crippen LogP contribution in [0.15, 0.2) is 42.5 Å². The van der Waals surface area contributed by atoms with Crippen molar-refractivity contribution in [1.82, 2.24) is 0 Å². The molecule has 0 bridgehead atoms. The monoisotopic (exact) mass is 260 g/mol. The lowest BCUT2D eigenvalue weighted by atomic mass is 10.00. The maximum atomic E-state index is 13.3. The molecule has 0 aliphatic rings. The second-order valence-corrected chi connectivity index (χ2v) is 4.59. The SMILES string of the molecule is COc1ccc(F)cc1C(O)Cc1ccc(C)cc1. The lowest BCUT2D eigenvalue weighted by Gasteiger charge is -2.15. The Labute approximate surface area is 112 Å². The first kappa shape index (κ1) is 13.6. The molecule has 2 rings (SSSR count). The summed E-state index contributed by atoms with van der Waals surface area (Å²) in [5, 5.41) is 10.2. The summed E-state index contributed by atoms with van der Waals surface area (Å²) in [5.41, 5.74) is 2.65. The maximum Gasteiger partial charge on any atom is 0.124 e. The van der Waals surface area contributed by atoms with Gasteiger partial charge in [0.1, 0.15) is 11.6 Å². The normalized spacial score (nSPS) is 12.2. The Hall–Kier alpha value is -1.87. The Kier molecular flexibility index (Phi) is 4.17. The van der Waals surface area contributed by atoms with E-state index in [2.05, 4.69) is 0 Å². The van der Waals surface area contributed by atoms with Crippen molar-refractivity contribution < 1.29 is 14.2 Å². The van der Waals surface area contributed by atoms with Gasteiger partial charge in [-0.2, -0.15) is 0 Å². The summed E-state index contributed by atoms with van der Waals surface area (Å²) in [4.78, 5) is 0. The van der Waals surface area contributed by atoms with Crippen LogP contribution in [0.3, 0.4) is 0 Å². The van der Waals surface area contributed by atoms with Gasteiger partial charge in [0, 0.05) is 12.0 Å². The van der Waals surface area contributed by atoms with E-state index in [0.29, 0.717) is 17.7 Å². The van der Waals surface area contributed by atoms with Crippen LogP contribution in [-0.4, -0.2) is 12.2 Å². The molecule has 0 amide bonds. The first-order chi connectivity index (χ1) is 9.10. The quantitative estimate of drug-likeness (QED) is 0.912. The summed E-state index contributed by atoms with van der Waals surface area (Å²) in [5.74, 6) is 0.125. The van der Waals surface area contributed by atoms with E-state index in [1.165, 1.54) is 30.9 Å². The van der Waals surface area contributed by atoms with Crippen molar-refractivity contribution >= 4 is 0 Å². The van der Waals surface area contributed by atoms with E-state index in [-0.39, 0.29) is 5.82 Å². The molecule has 0 aliphatic carbocycles. The van der Waals surface area contributed by atoms with Crippen molar-refractivity contribution in [3.63, 3.8) is 0 Å². The summed E-state index contributed by atoms with van der Waals surface area (Å²) in [6, 6.07) is 12.1. The van der Waals surface area contributed by atoms with Crippen LogP contribution >= 0.6 is 0 Å². The third-order valence-electron chi connectivity index (χ3n) is 3.10. The largest absolute Gasteiger partial charge is 0.496 e. The number of rotatable bonds is 4. The van der Waals surface area contributed by atoms with Gasteiger partial charge in [0.05, 0.1) is 13.2 Å². The molecule has 100 valence electrons.